The summed E-state index contributed by atoms with van der Waals surface area (Å²) in [6.45, 7) is 4.81. The van der Waals surface area contributed by atoms with Crippen LogP contribution in [0.1, 0.15) is 41.0 Å². The highest BCUT2D eigenvalue weighted by Crippen LogP contribution is 2.19. The number of amides is 1. The number of aromatic nitrogens is 2. The van der Waals surface area contributed by atoms with Gasteiger partial charge >= 0.3 is 0 Å². The number of benzene rings is 1. The van der Waals surface area contributed by atoms with Crippen LogP contribution in [-0.4, -0.2) is 40.6 Å². The zero-order valence-electron chi connectivity index (χ0n) is 14.6. The van der Waals surface area contributed by atoms with E-state index in [9.17, 15) is 9.18 Å². The molecule has 1 saturated heterocycles. The lowest BCUT2D eigenvalue weighted by molar-refractivity contribution is 0.0722. The third kappa shape index (κ3) is 4.66. The van der Waals surface area contributed by atoms with Crippen molar-refractivity contribution in [3.8, 4) is 0 Å². The molecule has 1 aromatic heterocycles. The van der Waals surface area contributed by atoms with Crippen molar-refractivity contribution in [1.29, 1.82) is 0 Å². The Balaban J connectivity index is 1.72. The molecule has 2 N–H and O–H groups in total. The van der Waals surface area contributed by atoms with Crippen LogP contribution in [0, 0.1) is 18.7 Å². The van der Waals surface area contributed by atoms with Crippen molar-refractivity contribution in [3.63, 3.8) is 0 Å². The quantitative estimate of drug-likeness (QED) is 0.847. The van der Waals surface area contributed by atoms with Gasteiger partial charge in [-0.05, 0) is 57.3 Å². The number of nitrogens with one attached hydrogen (secondary N) is 2. The van der Waals surface area contributed by atoms with Gasteiger partial charge in [0.1, 0.15) is 11.5 Å². The monoisotopic (exact) mass is 344 g/mol. The van der Waals surface area contributed by atoms with E-state index in [0.29, 0.717) is 23.7 Å². The first-order valence-electron chi connectivity index (χ1n) is 8.89. The van der Waals surface area contributed by atoms with Crippen molar-refractivity contribution in [2.75, 3.05) is 19.6 Å². The fourth-order valence-corrected chi connectivity index (χ4v) is 3.28. The SMILES string of the molecule is Cc1cc(C(=O)N(CCC2CCNCC2)Cc2ccccc2F)n[nH]1. The number of piperidine rings is 1. The van der Waals surface area contributed by atoms with Gasteiger partial charge in [0.15, 0.2) is 0 Å². The van der Waals surface area contributed by atoms with Gasteiger partial charge in [0, 0.05) is 24.3 Å². The fourth-order valence-electron chi connectivity index (χ4n) is 3.28. The molecule has 3 rings (SSSR count). The van der Waals surface area contributed by atoms with Crippen LogP contribution in [0.3, 0.4) is 0 Å². The lowest BCUT2D eigenvalue weighted by Gasteiger charge is -2.27. The van der Waals surface area contributed by atoms with Gasteiger partial charge in [-0.15, -0.1) is 0 Å². The summed E-state index contributed by atoms with van der Waals surface area (Å²) in [7, 11) is 0. The van der Waals surface area contributed by atoms with E-state index in [1.54, 1.807) is 29.2 Å². The van der Waals surface area contributed by atoms with Crippen LogP contribution in [0.2, 0.25) is 0 Å². The Hall–Kier alpha value is -2.21. The van der Waals surface area contributed by atoms with E-state index < -0.39 is 0 Å². The second kappa shape index (κ2) is 8.25. The number of nitrogens with zero attached hydrogens (tertiary/aromatic N) is 2. The van der Waals surface area contributed by atoms with E-state index in [2.05, 4.69) is 15.5 Å². The molecule has 0 bridgehead atoms. The van der Waals surface area contributed by atoms with E-state index in [1.807, 2.05) is 6.92 Å². The molecule has 0 unspecified atom stereocenters. The lowest BCUT2D eigenvalue weighted by atomic mass is 9.94. The number of carbonyl (C=O) groups excluding carboxylic acids is 1. The summed E-state index contributed by atoms with van der Waals surface area (Å²) in [6.07, 6.45) is 3.19. The van der Waals surface area contributed by atoms with Gasteiger partial charge < -0.3 is 10.2 Å². The third-order valence-corrected chi connectivity index (χ3v) is 4.80. The Bertz CT molecular complexity index is 709. The van der Waals surface area contributed by atoms with Crippen LogP contribution in [0.4, 0.5) is 4.39 Å². The van der Waals surface area contributed by atoms with E-state index in [4.69, 9.17) is 0 Å². The molecule has 1 aliphatic rings. The van der Waals surface area contributed by atoms with Gasteiger partial charge in [0.25, 0.3) is 5.91 Å². The predicted octanol–water partition coefficient (Wildman–Crippen LogP) is 2.89. The Morgan fingerprint density at radius 3 is 2.76 bits per heavy atom. The molecule has 2 aromatic rings. The maximum Gasteiger partial charge on any atom is 0.274 e. The highest BCUT2D eigenvalue weighted by molar-refractivity contribution is 5.92. The molecule has 1 amide bonds. The minimum absolute atomic E-state index is 0.151. The first kappa shape index (κ1) is 17.6. The first-order chi connectivity index (χ1) is 12.1. The standard InChI is InChI=1S/C19H25FN4O/c1-14-12-18(23-22-14)19(25)24(11-8-15-6-9-21-10-7-15)13-16-4-2-3-5-17(16)20/h2-5,12,15,21H,6-11,13H2,1H3,(H,22,23). The Morgan fingerprint density at radius 2 is 2.08 bits per heavy atom. The summed E-state index contributed by atoms with van der Waals surface area (Å²) in [5.41, 5.74) is 1.76. The number of carbonyl (C=O) groups is 1. The maximum atomic E-state index is 14.0. The van der Waals surface area contributed by atoms with Crippen LogP contribution >= 0.6 is 0 Å². The van der Waals surface area contributed by atoms with Crippen molar-refractivity contribution in [3.05, 3.63) is 53.1 Å². The topological polar surface area (TPSA) is 61.0 Å². The molecule has 1 fully saturated rings. The maximum absolute atomic E-state index is 14.0. The first-order valence-corrected chi connectivity index (χ1v) is 8.89. The van der Waals surface area contributed by atoms with Gasteiger partial charge in [-0.3, -0.25) is 9.89 Å². The van der Waals surface area contributed by atoms with Gasteiger partial charge in [-0.25, -0.2) is 4.39 Å². The third-order valence-electron chi connectivity index (χ3n) is 4.80. The lowest BCUT2D eigenvalue weighted by Crippen LogP contribution is -2.35. The number of aromatic amines is 1. The smallest absolute Gasteiger partial charge is 0.274 e. The highest BCUT2D eigenvalue weighted by atomic mass is 19.1. The van der Waals surface area contributed by atoms with E-state index in [1.165, 1.54) is 6.07 Å². The zero-order valence-corrected chi connectivity index (χ0v) is 14.6. The Labute approximate surface area is 147 Å². The van der Waals surface area contributed by atoms with Crippen molar-refractivity contribution >= 4 is 5.91 Å². The molecule has 0 radical (unpaired) electrons. The zero-order chi connectivity index (χ0) is 17.6. The summed E-state index contributed by atoms with van der Waals surface area (Å²) in [6, 6.07) is 8.37. The minimum Gasteiger partial charge on any atom is -0.333 e. The molecule has 0 spiro atoms. The number of aryl methyl sites for hydroxylation is 1. The fraction of sp³-hybridized carbons (Fsp3) is 0.474. The summed E-state index contributed by atoms with van der Waals surface area (Å²) in [4.78, 5) is 14.6. The molecule has 1 aliphatic heterocycles. The van der Waals surface area contributed by atoms with Gasteiger partial charge in [-0.2, -0.15) is 5.10 Å². The average molecular weight is 344 g/mol. The average Bonchev–Trinajstić information content (AvgIpc) is 3.07. The summed E-state index contributed by atoms with van der Waals surface area (Å²) in [5, 5.41) is 10.2. The van der Waals surface area contributed by atoms with Crippen LogP contribution in [0.25, 0.3) is 0 Å². The van der Waals surface area contributed by atoms with Crippen LogP contribution in [0.5, 0.6) is 0 Å². The van der Waals surface area contributed by atoms with Gasteiger partial charge in [0.05, 0.1) is 0 Å². The highest BCUT2D eigenvalue weighted by Gasteiger charge is 2.22. The number of halogens is 1. The Kier molecular flexibility index (Phi) is 5.81. The molecule has 6 heteroatoms. The summed E-state index contributed by atoms with van der Waals surface area (Å²) < 4.78 is 14.0. The Morgan fingerprint density at radius 1 is 1.32 bits per heavy atom. The van der Waals surface area contributed by atoms with Crippen molar-refractivity contribution in [2.45, 2.75) is 32.7 Å². The second-order valence-corrected chi connectivity index (χ2v) is 6.74. The summed E-state index contributed by atoms with van der Waals surface area (Å²) in [5.74, 6) is 0.181. The van der Waals surface area contributed by atoms with Crippen LogP contribution < -0.4 is 5.32 Å². The molecule has 134 valence electrons. The normalized spacial score (nSPS) is 15.3. The largest absolute Gasteiger partial charge is 0.333 e. The molecule has 0 saturated carbocycles. The number of hydrogen-bond donors (Lipinski definition) is 2. The minimum atomic E-state index is -0.277. The molecular formula is C19H25FN4O. The molecule has 5 nitrogen and oxygen atoms in total. The van der Waals surface area contributed by atoms with Crippen molar-refractivity contribution in [2.24, 2.45) is 5.92 Å². The molecule has 1 aromatic carbocycles. The van der Waals surface area contributed by atoms with Crippen molar-refractivity contribution in [1.82, 2.24) is 20.4 Å². The molecular weight excluding hydrogens is 319 g/mol. The van der Waals surface area contributed by atoms with E-state index >= 15 is 0 Å². The van der Waals surface area contributed by atoms with Crippen LogP contribution in [-0.2, 0) is 6.54 Å². The van der Waals surface area contributed by atoms with E-state index in [-0.39, 0.29) is 18.3 Å². The molecule has 2 heterocycles. The summed E-state index contributed by atoms with van der Waals surface area (Å²) >= 11 is 0. The molecule has 25 heavy (non-hydrogen) atoms. The number of rotatable bonds is 6. The number of hydrogen-bond acceptors (Lipinski definition) is 3. The predicted molar refractivity (Wildman–Crippen MR) is 94.7 cm³/mol. The van der Waals surface area contributed by atoms with Crippen LogP contribution in [0.15, 0.2) is 30.3 Å². The van der Waals surface area contributed by atoms with Gasteiger partial charge in [0.2, 0.25) is 0 Å². The number of H-pyrrole nitrogens is 1. The molecule has 0 atom stereocenters. The van der Waals surface area contributed by atoms with E-state index in [0.717, 1.165) is 38.0 Å². The van der Waals surface area contributed by atoms with Gasteiger partial charge in [-0.1, -0.05) is 18.2 Å². The molecule has 0 aliphatic carbocycles. The second-order valence-electron chi connectivity index (χ2n) is 6.74. The van der Waals surface area contributed by atoms with Crippen molar-refractivity contribution < 1.29 is 9.18 Å².